The van der Waals surface area contributed by atoms with Gasteiger partial charge in [0, 0.05) is 13.2 Å². The van der Waals surface area contributed by atoms with Gasteiger partial charge in [-0.2, -0.15) is 5.10 Å². The van der Waals surface area contributed by atoms with Crippen LogP contribution in [0.1, 0.15) is 40.5 Å². The monoisotopic (exact) mass is 298 g/mol. The molecule has 7 nitrogen and oxygen atoms in total. The Hall–Kier alpha value is -2.70. The zero-order chi connectivity index (χ0) is 15.9. The minimum Gasteiger partial charge on any atom is -0.341 e. The number of rotatable bonds is 3. The molecule has 0 radical (unpaired) electrons. The predicted molar refractivity (Wildman–Crippen MR) is 81.6 cm³/mol. The molecule has 0 aliphatic heterocycles. The van der Waals surface area contributed by atoms with E-state index in [9.17, 15) is 4.79 Å². The maximum atomic E-state index is 12.6. The summed E-state index contributed by atoms with van der Waals surface area (Å²) in [6.07, 6.45) is 3.34. The summed E-state index contributed by atoms with van der Waals surface area (Å²) in [7, 11) is 1.80. The predicted octanol–water partition coefficient (Wildman–Crippen LogP) is 1.57. The van der Waals surface area contributed by atoms with Gasteiger partial charge in [0.1, 0.15) is 23.5 Å². The quantitative estimate of drug-likeness (QED) is 0.796. The fourth-order valence-electron chi connectivity index (χ4n) is 2.56. The van der Waals surface area contributed by atoms with Crippen molar-refractivity contribution in [3.05, 3.63) is 47.4 Å². The third-order valence-corrected chi connectivity index (χ3v) is 3.65. The Morgan fingerprint density at radius 2 is 2.14 bits per heavy atom. The van der Waals surface area contributed by atoms with Crippen molar-refractivity contribution in [1.29, 1.82) is 0 Å². The van der Waals surface area contributed by atoms with E-state index in [0.29, 0.717) is 17.2 Å². The highest BCUT2D eigenvalue weighted by atomic mass is 16.2. The first-order chi connectivity index (χ1) is 10.5. The molecule has 1 atom stereocenters. The molecule has 0 fully saturated rings. The van der Waals surface area contributed by atoms with Crippen molar-refractivity contribution in [2.24, 2.45) is 7.05 Å². The number of aromatic nitrogens is 5. The van der Waals surface area contributed by atoms with Crippen molar-refractivity contribution in [3.63, 3.8) is 0 Å². The number of hydrogen-bond donors (Lipinski definition) is 1. The van der Waals surface area contributed by atoms with Crippen molar-refractivity contribution < 1.29 is 4.79 Å². The van der Waals surface area contributed by atoms with Gasteiger partial charge in [-0.15, -0.1) is 0 Å². The molecule has 0 saturated heterocycles. The van der Waals surface area contributed by atoms with Gasteiger partial charge in [0.25, 0.3) is 5.91 Å². The Labute approximate surface area is 128 Å². The largest absolute Gasteiger partial charge is 0.341 e. The fraction of sp³-hybridized carbons (Fsp3) is 0.333. The van der Waals surface area contributed by atoms with Crippen molar-refractivity contribution in [3.8, 4) is 0 Å². The first-order valence-electron chi connectivity index (χ1n) is 7.07. The first-order valence-corrected chi connectivity index (χ1v) is 7.07. The molecule has 0 bridgehead atoms. The second-order valence-electron chi connectivity index (χ2n) is 5.42. The molecule has 0 spiro atoms. The molecule has 1 N–H and O–H groups in total. The topological polar surface area (TPSA) is 77.1 Å². The molecule has 114 valence electrons. The number of pyridine rings is 1. The first kappa shape index (κ1) is 14.2. The summed E-state index contributed by atoms with van der Waals surface area (Å²) in [5.74, 6) is 0.528. The molecule has 0 aliphatic carbocycles. The van der Waals surface area contributed by atoms with Crippen LogP contribution in [0, 0.1) is 13.8 Å². The highest BCUT2D eigenvalue weighted by Gasteiger charge is 2.20. The summed E-state index contributed by atoms with van der Waals surface area (Å²) in [6.45, 7) is 5.72. The van der Waals surface area contributed by atoms with Gasteiger partial charge in [0.2, 0.25) is 0 Å². The maximum absolute atomic E-state index is 12.6. The van der Waals surface area contributed by atoms with Crippen LogP contribution in [0.3, 0.4) is 0 Å². The minimum absolute atomic E-state index is 0.177. The van der Waals surface area contributed by atoms with Crippen molar-refractivity contribution >= 4 is 11.6 Å². The minimum atomic E-state index is -0.240. The number of carbonyl (C=O) groups is 1. The number of nitrogens with zero attached hydrogens (tertiary/aromatic N) is 5. The van der Waals surface area contributed by atoms with E-state index < -0.39 is 0 Å². The molecule has 3 aromatic rings. The van der Waals surface area contributed by atoms with E-state index in [0.717, 1.165) is 11.2 Å². The van der Waals surface area contributed by atoms with Crippen LogP contribution in [0.15, 0.2) is 24.7 Å². The fourth-order valence-corrected chi connectivity index (χ4v) is 2.56. The molecule has 0 saturated carbocycles. The lowest BCUT2D eigenvalue weighted by molar-refractivity contribution is 0.0931. The Kier molecular flexibility index (Phi) is 3.40. The number of imidazole rings is 1. The van der Waals surface area contributed by atoms with Gasteiger partial charge in [-0.05, 0) is 38.5 Å². The zero-order valence-electron chi connectivity index (χ0n) is 13.0. The van der Waals surface area contributed by atoms with E-state index in [1.165, 1.54) is 6.33 Å². The van der Waals surface area contributed by atoms with Crippen LogP contribution in [0.4, 0.5) is 0 Å². The van der Waals surface area contributed by atoms with Crippen LogP contribution in [0.25, 0.3) is 5.65 Å². The average molecular weight is 298 g/mol. The van der Waals surface area contributed by atoms with Gasteiger partial charge in [-0.1, -0.05) is 0 Å². The van der Waals surface area contributed by atoms with E-state index in [4.69, 9.17) is 0 Å². The lowest BCUT2D eigenvalue weighted by Gasteiger charge is -2.13. The molecule has 0 aromatic carbocycles. The van der Waals surface area contributed by atoms with Gasteiger partial charge in [0.15, 0.2) is 0 Å². The van der Waals surface area contributed by atoms with Gasteiger partial charge in [0.05, 0.1) is 11.7 Å². The van der Waals surface area contributed by atoms with Crippen LogP contribution in [0.5, 0.6) is 0 Å². The number of fused-ring (bicyclic) bond motifs is 1. The van der Waals surface area contributed by atoms with E-state index in [2.05, 4.69) is 20.4 Å². The molecule has 3 heterocycles. The van der Waals surface area contributed by atoms with Crippen molar-refractivity contribution in [1.82, 2.24) is 29.5 Å². The lowest BCUT2D eigenvalue weighted by atomic mass is 10.2. The van der Waals surface area contributed by atoms with E-state index in [1.807, 2.05) is 39.1 Å². The number of nitrogens with one attached hydrogen (secondary N) is 1. The SMILES string of the molecule is Cc1ccn2c(C(=O)N[C@H](C)c3ncnn3C)c(C)nc2c1. The number of hydrogen-bond acceptors (Lipinski definition) is 4. The van der Waals surface area contributed by atoms with Crippen LogP contribution in [0.2, 0.25) is 0 Å². The van der Waals surface area contributed by atoms with Crippen LogP contribution in [-0.4, -0.2) is 30.1 Å². The Morgan fingerprint density at radius 3 is 2.82 bits per heavy atom. The molecular weight excluding hydrogens is 280 g/mol. The van der Waals surface area contributed by atoms with Gasteiger partial charge >= 0.3 is 0 Å². The summed E-state index contributed by atoms with van der Waals surface area (Å²) < 4.78 is 3.46. The molecule has 0 aliphatic rings. The number of amides is 1. The summed E-state index contributed by atoms with van der Waals surface area (Å²) in [4.78, 5) is 21.2. The van der Waals surface area contributed by atoms with Crippen LogP contribution >= 0.6 is 0 Å². The average Bonchev–Trinajstić information content (AvgIpc) is 3.00. The Morgan fingerprint density at radius 1 is 1.36 bits per heavy atom. The lowest BCUT2D eigenvalue weighted by Crippen LogP contribution is -2.30. The molecular formula is C15H18N6O. The number of aryl methyl sites for hydroxylation is 3. The summed E-state index contributed by atoms with van der Waals surface area (Å²) in [5, 5.41) is 6.97. The Balaban J connectivity index is 1.92. The summed E-state index contributed by atoms with van der Waals surface area (Å²) >= 11 is 0. The van der Waals surface area contributed by atoms with Crippen molar-refractivity contribution in [2.45, 2.75) is 26.8 Å². The normalized spacial score (nSPS) is 12.5. The molecule has 7 heteroatoms. The van der Waals surface area contributed by atoms with Gasteiger partial charge in [-0.25, -0.2) is 9.97 Å². The highest BCUT2D eigenvalue weighted by molar-refractivity contribution is 5.94. The second-order valence-corrected chi connectivity index (χ2v) is 5.42. The molecule has 3 rings (SSSR count). The van der Waals surface area contributed by atoms with E-state index in [1.54, 1.807) is 16.1 Å². The van der Waals surface area contributed by atoms with Gasteiger partial charge < -0.3 is 5.32 Å². The van der Waals surface area contributed by atoms with Crippen LogP contribution in [-0.2, 0) is 7.05 Å². The highest BCUT2D eigenvalue weighted by Crippen LogP contribution is 2.15. The van der Waals surface area contributed by atoms with Gasteiger partial charge in [-0.3, -0.25) is 13.9 Å². The smallest absolute Gasteiger partial charge is 0.270 e. The van der Waals surface area contributed by atoms with Crippen molar-refractivity contribution in [2.75, 3.05) is 0 Å². The summed E-state index contributed by atoms with van der Waals surface area (Å²) in [5.41, 5.74) is 3.13. The summed E-state index contributed by atoms with van der Waals surface area (Å²) in [6, 6.07) is 3.67. The third-order valence-electron chi connectivity index (χ3n) is 3.65. The van der Waals surface area contributed by atoms with E-state index in [-0.39, 0.29) is 11.9 Å². The zero-order valence-corrected chi connectivity index (χ0v) is 13.0. The standard InChI is InChI=1S/C15H18N6O/c1-9-5-6-21-12(7-9)18-10(2)13(21)15(22)19-11(3)14-16-8-17-20(14)4/h5-8,11H,1-4H3,(H,19,22)/t11-/m1/s1. The molecule has 0 unspecified atom stereocenters. The molecule has 1 amide bonds. The molecule has 3 aromatic heterocycles. The van der Waals surface area contributed by atoms with E-state index >= 15 is 0 Å². The number of carbonyl (C=O) groups excluding carboxylic acids is 1. The third kappa shape index (κ3) is 2.34. The maximum Gasteiger partial charge on any atom is 0.270 e. The second kappa shape index (κ2) is 5.25. The Bertz CT molecular complexity index is 847. The molecule has 22 heavy (non-hydrogen) atoms. The van der Waals surface area contributed by atoms with Crippen LogP contribution < -0.4 is 5.32 Å².